The highest BCUT2D eigenvalue weighted by Crippen LogP contribution is 2.31. The predicted octanol–water partition coefficient (Wildman–Crippen LogP) is 3.39. The van der Waals surface area contributed by atoms with Gasteiger partial charge in [0.05, 0.1) is 18.6 Å². The number of aromatic nitrogens is 2. The lowest BCUT2D eigenvalue weighted by atomic mass is 10.1. The lowest BCUT2D eigenvalue weighted by molar-refractivity contribution is -0.148. The molecule has 0 aliphatic heterocycles. The zero-order valence-electron chi connectivity index (χ0n) is 15.1. The first kappa shape index (κ1) is 18.1. The number of carbonyl (C=O) groups excluding carboxylic acids is 1. The van der Waals surface area contributed by atoms with Crippen molar-refractivity contribution in [3.63, 3.8) is 0 Å². The van der Waals surface area contributed by atoms with Crippen molar-refractivity contribution in [2.45, 2.75) is 33.4 Å². The van der Waals surface area contributed by atoms with E-state index in [9.17, 15) is 9.59 Å². The highest BCUT2D eigenvalue weighted by molar-refractivity contribution is 7.17. The minimum absolute atomic E-state index is 0.149. The lowest BCUT2D eigenvalue weighted by Crippen LogP contribution is -2.29. The molecule has 0 unspecified atom stereocenters. The van der Waals surface area contributed by atoms with Gasteiger partial charge in [-0.05, 0) is 38.5 Å². The van der Waals surface area contributed by atoms with Gasteiger partial charge in [0, 0.05) is 10.9 Å². The van der Waals surface area contributed by atoms with Gasteiger partial charge in [0.2, 0.25) is 0 Å². The number of carbonyl (C=O) groups is 1. The minimum Gasteiger partial charge on any atom is -0.497 e. The van der Waals surface area contributed by atoms with Crippen LogP contribution in [0, 0.1) is 6.92 Å². The van der Waals surface area contributed by atoms with Gasteiger partial charge in [0.25, 0.3) is 5.56 Å². The van der Waals surface area contributed by atoms with E-state index < -0.39 is 5.97 Å². The fourth-order valence-electron chi connectivity index (χ4n) is 2.72. The van der Waals surface area contributed by atoms with Crippen LogP contribution in [0.4, 0.5) is 0 Å². The standard InChI is InChI=1S/C19H20N2O4S/c1-11(2)25-16(22)9-21-12(3)20-18-17(19(21)23)15(10-26-18)13-5-7-14(24-4)8-6-13/h5-8,10-11H,9H2,1-4H3. The van der Waals surface area contributed by atoms with Crippen molar-refractivity contribution in [1.82, 2.24) is 9.55 Å². The quantitative estimate of drug-likeness (QED) is 0.642. The fourth-order valence-corrected chi connectivity index (χ4v) is 3.71. The monoisotopic (exact) mass is 372 g/mol. The van der Waals surface area contributed by atoms with Crippen molar-refractivity contribution in [2.75, 3.05) is 7.11 Å². The van der Waals surface area contributed by atoms with Crippen molar-refractivity contribution in [3.05, 3.63) is 45.8 Å². The Kier molecular flexibility index (Phi) is 5.08. The van der Waals surface area contributed by atoms with Crippen LogP contribution in [0.25, 0.3) is 21.3 Å². The van der Waals surface area contributed by atoms with Crippen LogP contribution in [0.3, 0.4) is 0 Å². The minimum atomic E-state index is -0.451. The van der Waals surface area contributed by atoms with Gasteiger partial charge in [-0.25, -0.2) is 4.98 Å². The maximum absolute atomic E-state index is 13.0. The third-order valence-corrected chi connectivity index (χ3v) is 4.81. The summed E-state index contributed by atoms with van der Waals surface area (Å²) in [6.45, 7) is 5.12. The maximum atomic E-state index is 13.0. The fraction of sp³-hybridized carbons (Fsp3) is 0.316. The molecule has 3 aromatic rings. The molecule has 0 saturated carbocycles. The Bertz CT molecular complexity index is 1000. The summed E-state index contributed by atoms with van der Waals surface area (Å²) < 4.78 is 11.7. The molecule has 0 radical (unpaired) electrons. The van der Waals surface area contributed by atoms with Gasteiger partial charge in [-0.3, -0.25) is 14.2 Å². The van der Waals surface area contributed by atoms with Crippen LogP contribution in [0.1, 0.15) is 19.7 Å². The number of fused-ring (bicyclic) bond motifs is 1. The molecule has 0 N–H and O–H groups in total. The van der Waals surface area contributed by atoms with Gasteiger partial charge in [0.15, 0.2) is 0 Å². The van der Waals surface area contributed by atoms with Gasteiger partial charge >= 0.3 is 5.97 Å². The first-order valence-corrected chi connectivity index (χ1v) is 9.11. The van der Waals surface area contributed by atoms with E-state index in [4.69, 9.17) is 9.47 Å². The van der Waals surface area contributed by atoms with Crippen LogP contribution in [0.2, 0.25) is 0 Å². The normalized spacial score (nSPS) is 11.1. The number of rotatable bonds is 5. The molecule has 26 heavy (non-hydrogen) atoms. The lowest BCUT2D eigenvalue weighted by Gasteiger charge is -2.12. The Hall–Kier alpha value is -2.67. The number of benzene rings is 1. The summed E-state index contributed by atoms with van der Waals surface area (Å²) in [6.07, 6.45) is -0.230. The highest BCUT2D eigenvalue weighted by Gasteiger charge is 2.18. The molecule has 0 bridgehead atoms. The second-order valence-corrected chi connectivity index (χ2v) is 7.01. The van der Waals surface area contributed by atoms with Crippen LogP contribution < -0.4 is 10.3 Å². The van der Waals surface area contributed by atoms with Gasteiger partial charge < -0.3 is 9.47 Å². The molecule has 2 aromatic heterocycles. The molecule has 0 amide bonds. The second-order valence-electron chi connectivity index (χ2n) is 6.15. The average molecular weight is 372 g/mol. The van der Waals surface area contributed by atoms with Gasteiger partial charge in [0.1, 0.15) is 22.9 Å². The number of esters is 1. The second kappa shape index (κ2) is 7.29. The summed E-state index contributed by atoms with van der Waals surface area (Å²) in [4.78, 5) is 30.2. The Morgan fingerprint density at radius 2 is 1.96 bits per heavy atom. The van der Waals surface area contributed by atoms with Crippen molar-refractivity contribution in [3.8, 4) is 16.9 Å². The predicted molar refractivity (Wildman–Crippen MR) is 102 cm³/mol. The molecule has 6 nitrogen and oxygen atoms in total. The first-order valence-electron chi connectivity index (χ1n) is 8.23. The van der Waals surface area contributed by atoms with E-state index in [-0.39, 0.29) is 18.2 Å². The van der Waals surface area contributed by atoms with E-state index >= 15 is 0 Å². The summed E-state index contributed by atoms with van der Waals surface area (Å²) in [5.74, 6) is 0.787. The topological polar surface area (TPSA) is 70.4 Å². The number of thiophene rings is 1. The Morgan fingerprint density at radius 1 is 1.27 bits per heavy atom. The van der Waals surface area contributed by atoms with Crippen molar-refractivity contribution in [1.29, 1.82) is 0 Å². The number of aryl methyl sites for hydroxylation is 1. The smallest absolute Gasteiger partial charge is 0.326 e. The number of ether oxygens (including phenoxy) is 2. The average Bonchev–Trinajstić information content (AvgIpc) is 3.02. The van der Waals surface area contributed by atoms with E-state index in [1.165, 1.54) is 15.9 Å². The summed E-state index contributed by atoms with van der Waals surface area (Å²) in [7, 11) is 1.61. The molecule has 0 spiro atoms. The first-order chi connectivity index (χ1) is 12.4. The van der Waals surface area contributed by atoms with Crippen LogP contribution in [-0.4, -0.2) is 28.7 Å². The molecule has 0 aliphatic rings. The molecule has 0 aliphatic carbocycles. The molecule has 136 valence electrons. The Labute approximate surface area is 155 Å². The number of methoxy groups -OCH3 is 1. The van der Waals surface area contributed by atoms with E-state index in [0.717, 1.165) is 16.9 Å². The summed E-state index contributed by atoms with van der Waals surface area (Å²) >= 11 is 1.41. The molecule has 7 heteroatoms. The third-order valence-electron chi connectivity index (χ3n) is 3.94. The highest BCUT2D eigenvalue weighted by atomic mass is 32.1. The van der Waals surface area contributed by atoms with E-state index in [1.807, 2.05) is 29.6 Å². The largest absolute Gasteiger partial charge is 0.497 e. The number of hydrogen-bond donors (Lipinski definition) is 0. The number of hydrogen-bond acceptors (Lipinski definition) is 6. The van der Waals surface area contributed by atoms with Crippen LogP contribution in [0.15, 0.2) is 34.4 Å². The molecule has 0 saturated heterocycles. The molecule has 1 aromatic carbocycles. The van der Waals surface area contributed by atoms with Crippen LogP contribution >= 0.6 is 11.3 Å². The molecular formula is C19H20N2O4S. The zero-order valence-corrected chi connectivity index (χ0v) is 15.9. The van der Waals surface area contributed by atoms with E-state index in [2.05, 4.69) is 4.98 Å². The third kappa shape index (κ3) is 3.48. The summed E-state index contributed by atoms with van der Waals surface area (Å²) in [5, 5.41) is 2.43. The number of nitrogens with zero attached hydrogens (tertiary/aromatic N) is 2. The zero-order chi connectivity index (χ0) is 18.8. The van der Waals surface area contributed by atoms with Crippen molar-refractivity contribution in [2.24, 2.45) is 0 Å². The SMILES string of the molecule is COc1ccc(-c2csc3nc(C)n(CC(=O)OC(C)C)c(=O)c23)cc1. The molecule has 0 atom stereocenters. The van der Waals surface area contributed by atoms with Crippen LogP contribution in [-0.2, 0) is 16.1 Å². The van der Waals surface area contributed by atoms with Gasteiger partial charge in [-0.2, -0.15) is 0 Å². The summed E-state index contributed by atoms with van der Waals surface area (Å²) in [6, 6.07) is 7.49. The van der Waals surface area contributed by atoms with E-state index in [0.29, 0.717) is 16.0 Å². The summed E-state index contributed by atoms with van der Waals surface area (Å²) in [5.41, 5.74) is 1.47. The molecular weight excluding hydrogens is 352 g/mol. The van der Waals surface area contributed by atoms with Crippen molar-refractivity contribution < 1.29 is 14.3 Å². The van der Waals surface area contributed by atoms with Gasteiger partial charge in [-0.1, -0.05) is 12.1 Å². The van der Waals surface area contributed by atoms with E-state index in [1.54, 1.807) is 27.9 Å². The van der Waals surface area contributed by atoms with Crippen molar-refractivity contribution >= 4 is 27.5 Å². The van der Waals surface area contributed by atoms with Gasteiger partial charge in [-0.15, -0.1) is 11.3 Å². The van der Waals surface area contributed by atoms with Crippen LogP contribution in [0.5, 0.6) is 5.75 Å². The molecule has 2 heterocycles. The maximum Gasteiger partial charge on any atom is 0.326 e. The Balaban J connectivity index is 2.08. The molecule has 3 rings (SSSR count). The molecule has 0 fully saturated rings. The Morgan fingerprint density at radius 3 is 2.58 bits per heavy atom.